The van der Waals surface area contributed by atoms with E-state index in [2.05, 4.69) is 31.0 Å². The van der Waals surface area contributed by atoms with Crippen LogP contribution >= 0.6 is 0 Å². The quantitative estimate of drug-likeness (QED) is 0.806. The molecule has 0 spiro atoms. The van der Waals surface area contributed by atoms with Crippen LogP contribution in [0.2, 0.25) is 0 Å². The summed E-state index contributed by atoms with van der Waals surface area (Å²) in [5, 5.41) is 3.69. The van der Waals surface area contributed by atoms with Crippen LogP contribution in [0, 0.1) is 11.8 Å². The molecular weight excluding hydrogens is 252 g/mol. The summed E-state index contributed by atoms with van der Waals surface area (Å²) in [6, 6.07) is 0.572. The van der Waals surface area contributed by atoms with Crippen LogP contribution in [0.1, 0.15) is 33.6 Å². The topological polar surface area (TPSA) is 33.7 Å². The van der Waals surface area contributed by atoms with Crippen molar-refractivity contribution >= 4 is 0 Å². The highest BCUT2D eigenvalue weighted by atomic mass is 16.5. The van der Waals surface area contributed by atoms with E-state index in [0.717, 1.165) is 51.3 Å². The molecule has 4 nitrogen and oxygen atoms in total. The zero-order chi connectivity index (χ0) is 14.4. The largest absolute Gasteiger partial charge is 0.381 e. The standard InChI is InChI=1S/C16H32N2O2/c1-13(2)11-18-6-9-20-16(12-18)10-17-14(3)15-4-7-19-8-5-15/h13-17H,4-12H2,1-3H3/t14-,16+/m1/s1. The van der Waals surface area contributed by atoms with Crippen molar-refractivity contribution in [1.29, 1.82) is 0 Å². The van der Waals surface area contributed by atoms with Gasteiger partial charge in [-0.15, -0.1) is 0 Å². The van der Waals surface area contributed by atoms with Crippen LogP contribution in [-0.2, 0) is 9.47 Å². The molecule has 0 aromatic heterocycles. The minimum Gasteiger partial charge on any atom is -0.381 e. The van der Waals surface area contributed by atoms with E-state index in [9.17, 15) is 0 Å². The van der Waals surface area contributed by atoms with Crippen LogP contribution < -0.4 is 5.32 Å². The predicted octanol–water partition coefficient (Wildman–Crippen LogP) is 1.75. The summed E-state index contributed by atoms with van der Waals surface area (Å²) in [6.45, 7) is 14.0. The molecule has 2 atom stereocenters. The maximum atomic E-state index is 5.90. The van der Waals surface area contributed by atoms with E-state index in [4.69, 9.17) is 9.47 Å². The van der Waals surface area contributed by atoms with Crippen LogP contribution in [-0.4, -0.2) is 63.0 Å². The van der Waals surface area contributed by atoms with E-state index in [1.54, 1.807) is 0 Å². The number of ether oxygens (including phenoxy) is 2. The highest BCUT2D eigenvalue weighted by Crippen LogP contribution is 2.18. The monoisotopic (exact) mass is 284 g/mol. The van der Waals surface area contributed by atoms with Gasteiger partial charge in [0.1, 0.15) is 0 Å². The molecule has 0 aliphatic carbocycles. The van der Waals surface area contributed by atoms with Crippen molar-refractivity contribution in [3.8, 4) is 0 Å². The van der Waals surface area contributed by atoms with Crippen LogP contribution in [0.3, 0.4) is 0 Å². The van der Waals surface area contributed by atoms with E-state index in [1.807, 2.05) is 0 Å². The Hall–Kier alpha value is -0.160. The van der Waals surface area contributed by atoms with Gasteiger partial charge in [-0.3, -0.25) is 4.90 Å². The lowest BCUT2D eigenvalue weighted by Gasteiger charge is -2.35. The Morgan fingerprint density at radius 3 is 2.60 bits per heavy atom. The third kappa shape index (κ3) is 5.32. The number of morpholine rings is 1. The van der Waals surface area contributed by atoms with Crippen LogP contribution in [0.25, 0.3) is 0 Å². The van der Waals surface area contributed by atoms with Crippen molar-refractivity contribution in [2.75, 3.05) is 46.0 Å². The van der Waals surface area contributed by atoms with Gasteiger partial charge in [-0.1, -0.05) is 13.8 Å². The van der Waals surface area contributed by atoms with Gasteiger partial charge in [-0.25, -0.2) is 0 Å². The average molecular weight is 284 g/mol. The lowest BCUT2D eigenvalue weighted by Crippen LogP contribution is -2.49. The molecule has 20 heavy (non-hydrogen) atoms. The lowest BCUT2D eigenvalue weighted by atomic mass is 9.93. The molecule has 0 radical (unpaired) electrons. The van der Waals surface area contributed by atoms with E-state index < -0.39 is 0 Å². The second-order valence-corrected chi connectivity index (χ2v) is 6.79. The SMILES string of the molecule is CC(C)CN1CCO[C@@H](CN[C@H](C)C2CCOCC2)C1. The van der Waals surface area contributed by atoms with Gasteiger partial charge >= 0.3 is 0 Å². The van der Waals surface area contributed by atoms with Crippen molar-refractivity contribution in [2.24, 2.45) is 11.8 Å². The lowest BCUT2D eigenvalue weighted by molar-refractivity contribution is -0.0328. The summed E-state index contributed by atoms with van der Waals surface area (Å²) in [6.07, 6.45) is 2.74. The fourth-order valence-corrected chi connectivity index (χ4v) is 3.29. The Balaban J connectivity index is 1.67. The Morgan fingerprint density at radius 1 is 1.15 bits per heavy atom. The first-order chi connectivity index (χ1) is 9.65. The normalized spacial score (nSPS) is 27.9. The van der Waals surface area contributed by atoms with E-state index >= 15 is 0 Å². The molecule has 2 heterocycles. The fourth-order valence-electron chi connectivity index (χ4n) is 3.29. The molecule has 2 rings (SSSR count). The fraction of sp³-hybridized carbons (Fsp3) is 1.00. The Kier molecular flexibility index (Phi) is 6.75. The Bertz CT molecular complexity index is 267. The van der Waals surface area contributed by atoms with Gasteiger partial charge < -0.3 is 14.8 Å². The van der Waals surface area contributed by atoms with Gasteiger partial charge in [0, 0.05) is 45.4 Å². The predicted molar refractivity (Wildman–Crippen MR) is 82.0 cm³/mol. The Morgan fingerprint density at radius 2 is 1.90 bits per heavy atom. The molecule has 0 unspecified atom stereocenters. The van der Waals surface area contributed by atoms with Crippen LogP contribution in [0.4, 0.5) is 0 Å². The van der Waals surface area contributed by atoms with E-state index in [-0.39, 0.29) is 0 Å². The molecule has 2 aliphatic rings. The van der Waals surface area contributed by atoms with Crippen LogP contribution in [0.5, 0.6) is 0 Å². The number of rotatable bonds is 6. The maximum Gasteiger partial charge on any atom is 0.0826 e. The van der Waals surface area contributed by atoms with Crippen molar-refractivity contribution < 1.29 is 9.47 Å². The average Bonchev–Trinajstić information content (AvgIpc) is 2.45. The number of nitrogens with one attached hydrogen (secondary N) is 1. The van der Waals surface area contributed by atoms with Crippen molar-refractivity contribution in [3.05, 3.63) is 0 Å². The zero-order valence-electron chi connectivity index (χ0n) is 13.4. The van der Waals surface area contributed by atoms with Gasteiger partial charge in [0.15, 0.2) is 0 Å². The van der Waals surface area contributed by atoms with Gasteiger partial charge in [-0.05, 0) is 31.6 Å². The highest BCUT2D eigenvalue weighted by Gasteiger charge is 2.24. The molecule has 0 bridgehead atoms. The van der Waals surface area contributed by atoms with Gasteiger partial charge in [0.25, 0.3) is 0 Å². The van der Waals surface area contributed by atoms with Gasteiger partial charge in [0.05, 0.1) is 12.7 Å². The number of nitrogens with zero attached hydrogens (tertiary/aromatic N) is 1. The summed E-state index contributed by atoms with van der Waals surface area (Å²) < 4.78 is 11.3. The molecule has 4 heteroatoms. The minimum atomic E-state index is 0.352. The molecule has 0 aromatic carbocycles. The van der Waals surface area contributed by atoms with Crippen molar-refractivity contribution in [1.82, 2.24) is 10.2 Å². The molecule has 2 aliphatic heterocycles. The second-order valence-electron chi connectivity index (χ2n) is 6.79. The minimum absolute atomic E-state index is 0.352. The number of hydrogen-bond donors (Lipinski definition) is 1. The number of hydrogen-bond acceptors (Lipinski definition) is 4. The third-order valence-electron chi connectivity index (χ3n) is 4.49. The summed E-state index contributed by atoms with van der Waals surface area (Å²) in [5.74, 6) is 1.50. The first-order valence-corrected chi connectivity index (χ1v) is 8.30. The molecule has 1 N–H and O–H groups in total. The van der Waals surface area contributed by atoms with E-state index in [1.165, 1.54) is 19.4 Å². The maximum absolute atomic E-state index is 5.90. The van der Waals surface area contributed by atoms with Gasteiger partial charge in [0.2, 0.25) is 0 Å². The smallest absolute Gasteiger partial charge is 0.0826 e. The third-order valence-corrected chi connectivity index (χ3v) is 4.49. The van der Waals surface area contributed by atoms with E-state index in [0.29, 0.717) is 12.1 Å². The molecular formula is C16H32N2O2. The second kappa shape index (κ2) is 8.32. The molecule has 118 valence electrons. The van der Waals surface area contributed by atoms with Crippen molar-refractivity contribution in [3.63, 3.8) is 0 Å². The summed E-state index contributed by atoms with van der Waals surface area (Å²) >= 11 is 0. The van der Waals surface area contributed by atoms with Crippen LogP contribution in [0.15, 0.2) is 0 Å². The summed E-state index contributed by atoms with van der Waals surface area (Å²) in [5.41, 5.74) is 0. The molecule has 0 aromatic rings. The Labute approximate surface area is 124 Å². The first-order valence-electron chi connectivity index (χ1n) is 8.30. The molecule has 2 fully saturated rings. The highest BCUT2D eigenvalue weighted by molar-refractivity contribution is 4.79. The zero-order valence-corrected chi connectivity index (χ0v) is 13.4. The van der Waals surface area contributed by atoms with Gasteiger partial charge in [-0.2, -0.15) is 0 Å². The molecule has 0 amide bonds. The first kappa shape index (κ1) is 16.2. The van der Waals surface area contributed by atoms with Crippen molar-refractivity contribution in [2.45, 2.75) is 45.8 Å². The molecule has 0 saturated carbocycles. The molecule has 2 saturated heterocycles. The summed E-state index contributed by atoms with van der Waals surface area (Å²) in [4.78, 5) is 2.54. The summed E-state index contributed by atoms with van der Waals surface area (Å²) in [7, 11) is 0.